The van der Waals surface area contributed by atoms with Crippen LogP contribution in [0, 0.1) is 6.92 Å². The molecule has 2 amide bonds. The molecule has 0 aliphatic carbocycles. The third kappa shape index (κ3) is 8.88. The van der Waals surface area contributed by atoms with Gasteiger partial charge in [0.1, 0.15) is 11.8 Å². The lowest BCUT2D eigenvalue weighted by Crippen LogP contribution is -2.50. The van der Waals surface area contributed by atoms with Crippen LogP contribution in [-0.4, -0.2) is 35.9 Å². The van der Waals surface area contributed by atoms with E-state index in [0.29, 0.717) is 39.0 Å². The summed E-state index contributed by atoms with van der Waals surface area (Å²) >= 11 is 0. The average molecular weight is 487 g/mol. The van der Waals surface area contributed by atoms with E-state index < -0.39 is 6.04 Å². The number of aryl methyl sites for hydroxylation is 1. The van der Waals surface area contributed by atoms with Crippen LogP contribution in [-0.2, 0) is 22.6 Å². The van der Waals surface area contributed by atoms with E-state index in [-0.39, 0.29) is 11.8 Å². The van der Waals surface area contributed by atoms with Crippen molar-refractivity contribution in [1.82, 2.24) is 10.2 Å². The molecule has 0 saturated carbocycles. The van der Waals surface area contributed by atoms with E-state index in [1.807, 2.05) is 91.9 Å². The third-order valence-corrected chi connectivity index (χ3v) is 6.12. The number of carbonyl (C=O) groups is 2. The molecular formula is C31H38N2O3. The third-order valence-electron chi connectivity index (χ3n) is 6.12. The number of carbonyl (C=O) groups excluding carboxylic acids is 2. The summed E-state index contributed by atoms with van der Waals surface area (Å²) in [5, 5.41) is 3.06. The van der Waals surface area contributed by atoms with Crippen LogP contribution in [0.4, 0.5) is 0 Å². The largest absolute Gasteiger partial charge is 0.494 e. The molecular weight excluding hydrogens is 448 g/mol. The number of ether oxygens (including phenoxy) is 1. The molecule has 5 nitrogen and oxygen atoms in total. The number of nitrogens with zero attached hydrogens (tertiary/aromatic N) is 1. The van der Waals surface area contributed by atoms with Crippen LogP contribution in [0.2, 0.25) is 0 Å². The van der Waals surface area contributed by atoms with Gasteiger partial charge in [0.15, 0.2) is 0 Å². The van der Waals surface area contributed by atoms with Gasteiger partial charge >= 0.3 is 0 Å². The second-order valence-electron chi connectivity index (χ2n) is 9.12. The molecule has 0 fully saturated rings. The van der Waals surface area contributed by atoms with Gasteiger partial charge in [0.05, 0.1) is 6.61 Å². The highest BCUT2D eigenvalue weighted by Crippen LogP contribution is 2.17. The Bertz CT molecular complexity index is 1050. The molecule has 0 aromatic heterocycles. The summed E-state index contributed by atoms with van der Waals surface area (Å²) in [4.78, 5) is 28.7. The van der Waals surface area contributed by atoms with Crippen molar-refractivity contribution < 1.29 is 14.3 Å². The minimum atomic E-state index is -0.588. The zero-order valence-electron chi connectivity index (χ0n) is 21.5. The first-order valence-electron chi connectivity index (χ1n) is 12.9. The second-order valence-corrected chi connectivity index (χ2v) is 9.12. The van der Waals surface area contributed by atoms with E-state index in [9.17, 15) is 9.59 Å². The minimum Gasteiger partial charge on any atom is -0.494 e. The van der Waals surface area contributed by atoms with Crippen molar-refractivity contribution in [3.8, 4) is 5.75 Å². The van der Waals surface area contributed by atoms with Gasteiger partial charge in [-0.3, -0.25) is 9.59 Å². The Labute approximate surface area is 215 Å². The summed E-state index contributed by atoms with van der Waals surface area (Å²) in [5.41, 5.74) is 3.21. The monoisotopic (exact) mass is 486 g/mol. The number of hydrogen-bond acceptors (Lipinski definition) is 3. The standard InChI is InChI=1S/C31H38N2O3/c1-3-4-21-32-31(35)29(23-26-12-7-5-8-13-26)33(24-27-14-9-6-10-15-27)30(34)16-11-22-36-28-19-17-25(2)18-20-28/h5-10,12-15,17-20,29H,3-4,11,16,21-24H2,1-2H3,(H,32,35)/t29-/m1/s1. The molecule has 0 heterocycles. The maximum atomic E-state index is 13.6. The summed E-state index contributed by atoms with van der Waals surface area (Å²) in [6, 6.07) is 27.1. The molecule has 0 bridgehead atoms. The van der Waals surface area contributed by atoms with Crippen LogP contribution >= 0.6 is 0 Å². The summed E-state index contributed by atoms with van der Waals surface area (Å²) in [5.74, 6) is 0.650. The van der Waals surface area contributed by atoms with E-state index in [2.05, 4.69) is 12.2 Å². The molecule has 0 aliphatic heterocycles. The van der Waals surface area contributed by atoms with Gasteiger partial charge < -0.3 is 15.0 Å². The van der Waals surface area contributed by atoms with E-state index in [1.165, 1.54) is 5.56 Å². The average Bonchev–Trinajstić information content (AvgIpc) is 2.91. The zero-order valence-corrected chi connectivity index (χ0v) is 21.5. The van der Waals surface area contributed by atoms with Gasteiger partial charge in [0.2, 0.25) is 11.8 Å². The highest BCUT2D eigenvalue weighted by atomic mass is 16.5. The van der Waals surface area contributed by atoms with E-state index in [0.717, 1.165) is 29.7 Å². The predicted molar refractivity (Wildman–Crippen MR) is 145 cm³/mol. The predicted octanol–water partition coefficient (Wildman–Crippen LogP) is 5.71. The maximum absolute atomic E-state index is 13.6. The molecule has 3 aromatic rings. The molecule has 190 valence electrons. The SMILES string of the molecule is CCCCNC(=O)[C@@H](Cc1ccccc1)N(Cc1ccccc1)C(=O)CCCOc1ccc(C)cc1. The lowest BCUT2D eigenvalue weighted by molar-refractivity contribution is -0.141. The molecule has 3 aromatic carbocycles. The van der Waals surface area contributed by atoms with Gasteiger partial charge in [-0.25, -0.2) is 0 Å². The highest BCUT2D eigenvalue weighted by molar-refractivity contribution is 5.88. The van der Waals surface area contributed by atoms with Crippen LogP contribution in [0.3, 0.4) is 0 Å². The smallest absolute Gasteiger partial charge is 0.243 e. The van der Waals surface area contributed by atoms with E-state index in [4.69, 9.17) is 4.74 Å². The zero-order chi connectivity index (χ0) is 25.6. The van der Waals surface area contributed by atoms with Crippen molar-refractivity contribution in [2.75, 3.05) is 13.2 Å². The Balaban J connectivity index is 1.74. The van der Waals surface area contributed by atoms with Crippen molar-refractivity contribution in [3.63, 3.8) is 0 Å². The van der Waals surface area contributed by atoms with Crippen molar-refractivity contribution in [3.05, 3.63) is 102 Å². The molecule has 0 saturated heterocycles. The van der Waals surface area contributed by atoms with Gasteiger partial charge in [0.25, 0.3) is 0 Å². The molecule has 0 aliphatic rings. The molecule has 0 spiro atoms. The Hall–Kier alpha value is -3.60. The van der Waals surface area contributed by atoms with Crippen molar-refractivity contribution in [2.45, 2.75) is 58.5 Å². The highest BCUT2D eigenvalue weighted by Gasteiger charge is 2.30. The lowest BCUT2D eigenvalue weighted by atomic mass is 10.0. The van der Waals surface area contributed by atoms with Gasteiger partial charge in [-0.2, -0.15) is 0 Å². The van der Waals surface area contributed by atoms with Crippen molar-refractivity contribution >= 4 is 11.8 Å². The number of nitrogens with one attached hydrogen (secondary N) is 1. The topological polar surface area (TPSA) is 58.6 Å². The normalized spacial score (nSPS) is 11.5. The Morgan fingerprint density at radius 2 is 1.50 bits per heavy atom. The minimum absolute atomic E-state index is 0.0436. The summed E-state index contributed by atoms with van der Waals surface area (Å²) in [6.07, 6.45) is 3.26. The molecule has 36 heavy (non-hydrogen) atoms. The van der Waals surface area contributed by atoms with E-state index in [1.54, 1.807) is 4.90 Å². The molecule has 3 rings (SSSR count). The first kappa shape index (κ1) is 27.0. The fourth-order valence-corrected chi connectivity index (χ4v) is 4.03. The Morgan fingerprint density at radius 1 is 0.861 bits per heavy atom. The molecule has 1 N–H and O–H groups in total. The fraction of sp³-hybridized carbons (Fsp3) is 0.355. The van der Waals surface area contributed by atoms with Crippen LogP contribution in [0.5, 0.6) is 5.75 Å². The second kappa shape index (κ2) is 14.7. The van der Waals surface area contributed by atoms with Crippen molar-refractivity contribution in [1.29, 1.82) is 0 Å². The molecule has 5 heteroatoms. The molecule has 1 atom stereocenters. The quantitative estimate of drug-likeness (QED) is 0.297. The van der Waals surface area contributed by atoms with Gasteiger partial charge in [0, 0.05) is 25.9 Å². The number of unbranched alkanes of at least 4 members (excludes halogenated alkanes) is 1. The van der Waals surface area contributed by atoms with Crippen LogP contribution < -0.4 is 10.1 Å². The Morgan fingerprint density at radius 3 is 2.14 bits per heavy atom. The lowest BCUT2D eigenvalue weighted by Gasteiger charge is -2.31. The number of rotatable bonds is 14. The van der Waals surface area contributed by atoms with Gasteiger partial charge in [-0.1, -0.05) is 91.7 Å². The summed E-state index contributed by atoms with van der Waals surface area (Å²) < 4.78 is 5.83. The first-order valence-corrected chi connectivity index (χ1v) is 12.9. The first-order chi connectivity index (χ1) is 17.6. The van der Waals surface area contributed by atoms with Gasteiger partial charge in [-0.05, 0) is 43.0 Å². The number of amides is 2. The number of hydrogen-bond donors (Lipinski definition) is 1. The van der Waals surface area contributed by atoms with Crippen LogP contribution in [0.15, 0.2) is 84.9 Å². The Kier molecular flexibility index (Phi) is 11.0. The van der Waals surface area contributed by atoms with Crippen molar-refractivity contribution in [2.24, 2.45) is 0 Å². The van der Waals surface area contributed by atoms with E-state index >= 15 is 0 Å². The number of benzene rings is 3. The van der Waals surface area contributed by atoms with Crippen LogP contribution in [0.25, 0.3) is 0 Å². The molecule has 0 unspecified atom stereocenters. The van der Waals surface area contributed by atoms with Crippen LogP contribution in [0.1, 0.15) is 49.3 Å². The summed E-state index contributed by atoms with van der Waals surface area (Å²) in [6.45, 7) is 5.57. The van der Waals surface area contributed by atoms with Gasteiger partial charge in [-0.15, -0.1) is 0 Å². The maximum Gasteiger partial charge on any atom is 0.243 e. The summed E-state index contributed by atoms with van der Waals surface area (Å²) in [7, 11) is 0. The fourth-order valence-electron chi connectivity index (χ4n) is 4.03. The molecule has 0 radical (unpaired) electrons.